The maximum Gasteiger partial charge on any atom is 0.163 e. The Morgan fingerprint density at radius 3 is 2.24 bits per heavy atom. The molecule has 0 heterocycles. The van der Waals surface area contributed by atoms with Gasteiger partial charge in [0.05, 0.1) is 5.57 Å². The molecule has 0 fully saturated rings. The molecule has 1 atom stereocenters. The van der Waals surface area contributed by atoms with Gasteiger partial charge in [-0.05, 0) is 50.0 Å². The number of ketones is 1. The maximum absolute atomic E-state index is 11.5. The number of aliphatic hydroxyl groups excluding tert-OH is 1. The number of Topliss-reactive ketones (excluding diaryl/α,β-unsaturated/α-hetero) is 1. The summed E-state index contributed by atoms with van der Waals surface area (Å²) in [6, 6.07) is 0. The van der Waals surface area contributed by atoms with Crippen molar-refractivity contribution in [2.75, 3.05) is 0 Å². The molecule has 96 valence electrons. The minimum absolute atomic E-state index is 0.0366. The predicted octanol–water partition coefficient (Wildman–Crippen LogP) is 4.18. The van der Waals surface area contributed by atoms with Crippen molar-refractivity contribution in [3.8, 4) is 0 Å². The molecule has 2 heteroatoms. The normalized spacial score (nSPS) is 22.9. The first-order valence-corrected chi connectivity index (χ1v) is 6.33. The van der Waals surface area contributed by atoms with Gasteiger partial charge in [-0.25, -0.2) is 0 Å². The van der Waals surface area contributed by atoms with E-state index in [0.717, 1.165) is 24.8 Å². The summed E-state index contributed by atoms with van der Waals surface area (Å²) < 4.78 is 0. The van der Waals surface area contributed by atoms with Gasteiger partial charge in [0.15, 0.2) is 5.78 Å². The van der Waals surface area contributed by atoms with Gasteiger partial charge in [-0.2, -0.15) is 0 Å². The highest BCUT2D eigenvalue weighted by Gasteiger charge is 2.28. The molecule has 0 amide bonds. The largest absolute Gasteiger partial charge is 0.512 e. The molecule has 0 spiro atoms. The average molecular weight is 236 g/mol. The van der Waals surface area contributed by atoms with Crippen molar-refractivity contribution >= 4 is 5.78 Å². The quantitative estimate of drug-likeness (QED) is 0.577. The van der Waals surface area contributed by atoms with Gasteiger partial charge in [-0.1, -0.05) is 26.8 Å². The summed E-state index contributed by atoms with van der Waals surface area (Å²) in [5.41, 5.74) is 1.87. The zero-order chi connectivity index (χ0) is 13.2. The van der Waals surface area contributed by atoms with Gasteiger partial charge in [0.1, 0.15) is 5.76 Å². The van der Waals surface area contributed by atoms with Crippen molar-refractivity contribution < 1.29 is 9.90 Å². The van der Waals surface area contributed by atoms with Crippen molar-refractivity contribution in [1.82, 2.24) is 0 Å². The van der Waals surface area contributed by atoms with E-state index in [0.29, 0.717) is 16.9 Å². The second kappa shape index (κ2) is 5.07. The van der Waals surface area contributed by atoms with Gasteiger partial charge in [0, 0.05) is 0 Å². The summed E-state index contributed by atoms with van der Waals surface area (Å²) in [7, 11) is 0. The lowest BCUT2D eigenvalue weighted by molar-refractivity contribution is -0.113. The van der Waals surface area contributed by atoms with Crippen LogP contribution in [0.15, 0.2) is 23.0 Å². The molecule has 1 N–H and O–H groups in total. The number of allylic oxidation sites excluding steroid dienone is 4. The summed E-state index contributed by atoms with van der Waals surface area (Å²) in [4.78, 5) is 11.5. The number of hydrogen-bond donors (Lipinski definition) is 1. The van der Waals surface area contributed by atoms with Crippen LogP contribution in [0.3, 0.4) is 0 Å². The Bertz CT molecular complexity index is 363. The van der Waals surface area contributed by atoms with E-state index in [1.165, 1.54) is 6.92 Å². The lowest BCUT2D eigenvalue weighted by Crippen LogP contribution is -2.23. The molecule has 0 saturated heterocycles. The van der Waals surface area contributed by atoms with E-state index in [-0.39, 0.29) is 11.5 Å². The lowest BCUT2D eigenvalue weighted by atomic mass is 9.72. The highest BCUT2D eigenvalue weighted by Crippen LogP contribution is 2.39. The molecule has 0 aromatic heterocycles. The van der Waals surface area contributed by atoms with Crippen molar-refractivity contribution in [1.29, 1.82) is 0 Å². The van der Waals surface area contributed by atoms with Gasteiger partial charge >= 0.3 is 0 Å². The van der Waals surface area contributed by atoms with Crippen molar-refractivity contribution in [2.24, 2.45) is 11.3 Å². The zero-order valence-corrected chi connectivity index (χ0v) is 11.6. The van der Waals surface area contributed by atoms with E-state index in [1.807, 2.05) is 0 Å². The first-order chi connectivity index (χ1) is 7.73. The molecule has 1 unspecified atom stereocenters. The Morgan fingerprint density at radius 1 is 1.35 bits per heavy atom. The van der Waals surface area contributed by atoms with Crippen LogP contribution in [0.4, 0.5) is 0 Å². The maximum atomic E-state index is 11.5. The smallest absolute Gasteiger partial charge is 0.163 e. The number of aliphatic hydroxyl groups is 1. The second-order valence-electron chi connectivity index (χ2n) is 6.08. The highest BCUT2D eigenvalue weighted by atomic mass is 16.3. The van der Waals surface area contributed by atoms with Crippen LogP contribution in [0.2, 0.25) is 0 Å². The van der Waals surface area contributed by atoms with Crippen LogP contribution < -0.4 is 0 Å². The molecule has 1 aliphatic carbocycles. The second-order valence-corrected chi connectivity index (χ2v) is 6.08. The Morgan fingerprint density at radius 2 is 1.94 bits per heavy atom. The first kappa shape index (κ1) is 14.0. The highest BCUT2D eigenvalue weighted by molar-refractivity contribution is 5.98. The topological polar surface area (TPSA) is 37.3 Å². The molecule has 1 rings (SSSR count). The third kappa shape index (κ3) is 3.45. The molecule has 17 heavy (non-hydrogen) atoms. The fourth-order valence-corrected chi connectivity index (χ4v) is 2.56. The standard InChI is InChI=1S/C15H24O2/c1-10(16)14(11(2)17)12-6-8-13(9-7-12)15(3,4)5/h6,13,16H,7-9H2,1-5H3/b14-10-. The Hall–Kier alpha value is -1.05. The molecule has 0 aromatic rings. The number of hydrogen-bond acceptors (Lipinski definition) is 2. The van der Waals surface area contributed by atoms with E-state index in [4.69, 9.17) is 0 Å². The lowest BCUT2D eigenvalue weighted by Gasteiger charge is -2.33. The van der Waals surface area contributed by atoms with Crippen LogP contribution in [0.25, 0.3) is 0 Å². The van der Waals surface area contributed by atoms with Crippen LogP contribution in [-0.4, -0.2) is 10.9 Å². The van der Waals surface area contributed by atoms with Crippen molar-refractivity contribution in [3.05, 3.63) is 23.0 Å². The average Bonchev–Trinajstić information content (AvgIpc) is 2.15. The van der Waals surface area contributed by atoms with Gasteiger partial charge in [-0.15, -0.1) is 0 Å². The van der Waals surface area contributed by atoms with Gasteiger partial charge in [0.2, 0.25) is 0 Å². The molecule has 0 aliphatic heterocycles. The summed E-state index contributed by atoms with van der Waals surface area (Å²) in [5, 5.41) is 9.58. The molecule has 0 aromatic carbocycles. The molecule has 2 nitrogen and oxygen atoms in total. The molecule has 0 bridgehead atoms. The van der Waals surface area contributed by atoms with E-state index in [2.05, 4.69) is 26.8 Å². The number of carbonyl (C=O) groups is 1. The summed E-state index contributed by atoms with van der Waals surface area (Å²) in [6.45, 7) is 9.89. The fraction of sp³-hybridized carbons (Fsp3) is 0.667. The van der Waals surface area contributed by atoms with E-state index < -0.39 is 0 Å². The van der Waals surface area contributed by atoms with E-state index in [9.17, 15) is 9.90 Å². The van der Waals surface area contributed by atoms with E-state index >= 15 is 0 Å². The zero-order valence-electron chi connectivity index (χ0n) is 11.6. The van der Waals surface area contributed by atoms with Crippen LogP contribution in [0, 0.1) is 11.3 Å². The van der Waals surface area contributed by atoms with E-state index in [1.54, 1.807) is 6.92 Å². The Balaban J connectivity index is 2.89. The van der Waals surface area contributed by atoms with Crippen LogP contribution in [0.1, 0.15) is 53.9 Å². The van der Waals surface area contributed by atoms with Crippen LogP contribution >= 0.6 is 0 Å². The number of carbonyl (C=O) groups excluding carboxylic acids is 1. The SMILES string of the molecule is CC(=O)/C(C1=CCC(C(C)(C)C)CC1)=C(\C)O. The fourth-order valence-electron chi connectivity index (χ4n) is 2.56. The Kier molecular flexibility index (Phi) is 4.18. The first-order valence-electron chi connectivity index (χ1n) is 6.33. The number of rotatable bonds is 2. The third-order valence-electron chi connectivity index (χ3n) is 3.67. The van der Waals surface area contributed by atoms with Gasteiger partial charge in [-0.3, -0.25) is 4.79 Å². The van der Waals surface area contributed by atoms with Crippen molar-refractivity contribution in [3.63, 3.8) is 0 Å². The van der Waals surface area contributed by atoms with Gasteiger partial charge in [0.25, 0.3) is 0 Å². The molecule has 0 saturated carbocycles. The third-order valence-corrected chi connectivity index (χ3v) is 3.67. The minimum atomic E-state index is -0.0366. The summed E-state index contributed by atoms with van der Waals surface area (Å²) >= 11 is 0. The molecule has 1 aliphatic rings. The molecular weight excluding hydrogens is 212 g/mol. The predicted molar refractivity (Wildman–Crippen MR) is 70.9 cm³/mol. The van der Waals surface area contributed by atoms with Gasteiger partial charge < -0.3 is 5.11 Å². The summed E-state index contributed by atoms with van der Waals surface area (Å²) in [5.74, 6) is 0.780. The van der Waals surface area contributed by atoms with Crippen LogP contribution in [-0.2, 0) is 4.79 Å². The molecule has 0 radical (unpaired) electrons. The molecular formula is C15H24O2. The monoisotopic (exact) mass is 236 g/mol. The van der Waals surface area contributed by atoms with Crippen molar-refractivity contribution in [2.45, 2.75) is 53.9 Å². The summed E-state index contributed by atoms with van der Waals surface area (Å²) in [6.07, 6.45) is 5.13. The van der Waals surface area contributed by atoms with Crippen LogP contribution in [0.5, 0.6) is 0 Å². The minimum Gasteiger partial charge on any atom is -0.512 e. The Labute approximate surface area is 104 Å².